The highest BCUT2D eigenvalue weighted by Crippen LogP contribution is 2.31. The molecule has 0 heterocycles. The zero-order chi connectivity index (χ0) is 13.2. The number of anilines is 1. The van der Waals surface area contributed by atoms with Gasteiger partial charge in [-0.15, -0.1) is 11.8 Å². The van der Waals surface area contributed by atoms with Gasteiger partial charge in [-0.05, 0) is 54.2 Å². The molecule has 0 aliphatic heterocycles. The second kappa shape index (κ2) is 5.48. The number of benzene rings is 2. The lowest BCUT2D eigenvalue weighted by molar-refractivity contribution is 0.911. The van der Waals surface area contributed by atoms with Crippen LogP contribution in [0, 0.1) is 0 Å². The van der Waals surface area contributed by atoms with Crippen molar-refractivity contribution in [2.75, 3.05) is 5.73 Å². The lowest BCUT2D eigenvalue weighted by Crippen LogP contribution is -1.90. The third-order valence-electron chi connectivity index (χ3n) is 3.53. The van der Waals surface area contributed by atoms with E-state index in [-0.39, 0.29) is 0 Å². The van der Waals surface area contributed by atoms with Crippen molar-refractivity contribution in [1.82, 2.24) is 0 Å². The van der Waals surface area contributed by atoms with E-state index >= 15 is 0 Å². The molecule has 0 spiro atoms. The smallest absolute Gasteiger partial charge is 0.0467 e. The standard InChI is InChI=1S/C16H16ClNS/c17-14-6-7-16(15(18)9-14)19-10-11-4-5-12-2-1-3-13(12)8-11/h4-9H,1-3,10,18H2. The number of hydrogen-bond acceptors (Lipinski definition) is 2. The maximum absolute atomic E-state index is 5.97. The zero-order valence-corrected chi connectivity index (χ0v) is 12.2. The van der Waals surface area contributed by atoms with Crippen molar-refractivity contribution in [2.45, 2.75) is 29.9 Å². The highest BCUT2D eigenvalue weighted by Gasteiger charge is 2.11. The molecular weight excluding hydrogens is 274 g/mol. The van der Waals surface area contributed by atoms with E-state index in [1.807, 2.05) is 18.2 Å². The molecule has 0 fully saturated rings. The molecule has 3 rings (SSSR count). The normalized spacial score (nSPS) is 13.5. The molecule has 2 aromatic carbocycles. The monoisotopic (exact) mass is 289 g/mol. The van der Waals surface area contributed by atoms with Crippen LogP contribution in [0.2, 0.25) is 5.02 Å². The number of rotatable bonds is 3. The molecule has 1 aliphatic rings. The van der Waals surface area contributed by atoms with E-state index < -0.39 is 0 Å². The Hall–Kier alpha value is -1.12. The SMILES string of the molecule is Nc1cc(Cl)ccc1SCc1ccc2c(c1)CCC2. The quantitative estimate of drug-likeness (QED) is 0.654. The van der Waals surface area contributed by atoms with Gasteiger partial charge in [0.2, 0.25) is 0 Å². The molecule has 0 saturated carbocycles. The molecule has 1 aliphatic carbocycles. The number of nitrogens with two attached hydrogens (primary N) is 1. The average molecular weight is 290 g/mol. The third-order valence-corrected chi connectivity index (χ3v) is 4.92. The Labute approximate surface area is 123 Å². The zero-order valence-electron chi connectivity index (χ0n) is 10.7. The van der Waals surface area contributed by atoms with Crippen LogP contribution in [0.5, 0.6) is 0 Å². The Balaban J connectivity index is 1.72. The Morgan fingerprint density at radius 3 is 2.74 bits per heavy atom. The molecule has 2 aromatic rings. The predicted octanol–water partition coefficient (Wildman–Crippen LogP) is 4.70. The molecule has 2 N–H and O–H groups in total. The second-order valence-corrected chi connectivity index (χ2v) is 6.38. The van der Waals surface area contributed by atoms with Crippen molar-refractivity contribution >= 4 is 29.1 Å². The van der Waals surface area contributed by atoms with Crippen molar-refractivity contribution in [2.24, 2.45) is 0 Å². The van der Waals surface area contributed by atoms with E-state index in [4.69, 9.17) is 17.3 Å². The Bertz CT molecular complexity index is 610. The summed E-state index contributed by atoms with van der Waals surface area (Å²) in [5, 5.41) is 0.694. The van der Waals surface area contributed by atoms with Crippen molar-refractivity contribution in [3.63, 3.8) is 0 Å². The minimum atomic E-state index is 0.694. The molecule has 0 unspecified atom stereocenters. The molecule has 0 bridgehead atoms. The predicted molar refractivity (Wildman–Crippen MR) is 83.9 cm³/mol. The van der Waals surface area contributed by atoms with Gasteiger partial charge in [-0.1, -0.05) is 29.8 Å². The third kappa shape index (κ3) is 2.90. The number of fused-ring (bicyclic) bond motifs is 1. The minimum absolute atomic E-state index is 0.694. The Morgan fingerprint density at radius 1 is 1.05 bits per heavy atom. The Morgan fingerprint density at radius 2 is 1.89 bits per heavy atom. The molecule has 19 heavy (non-hydrogen) atoms. The average Bonchev–Trinajstić information content (AvgIpc) is 2.85. The fourth-order valence-electron chi connectivity index (χ4n) is 2.53. The lowest BCUT2D eigenvalue weighted by atomic mass is 10.1. The minimum Gasteiger partial charge on any atom is -0.398 e. The first-order valence-electron chi connectivity index (χ1n) is 6.51. The molecule has 0 amide bonds. The molecule has 1 nitrogen and oxygen atoms in total. The first kappa shape index (κ1) is 12.9. The fourth-order valence-corrected chi connectivity index (χ4v) is 3.60. The lowest BCUT2D eigenvalue weighted by Gasteiger charge is -2.07. The second-order valence-electron chi connectivity index (χ2n) is 4.93. The number of hydrogen-bond donors (Lipinski definition) is 1. The molecule has 3 heteroatoms. The van der Waals surface area contributed by atoms with Gasteiger partial charge in [-0.3, -0.25) is 0 Å². The van der Waals surface area contributed by atoms with Crippen molar-refractivity contribution < 1.29 is 0 Å². The van der Waals surface area contributed by atoms with Crippen LogP contribution in [-0.4, -0.2) is 0 Å². The fraction of sp³-hybridized carbons (Fsp3) is 0.250. The van der Waals surface area contributed by atoms with Crippen molar-refractivity contribution in [3.05, 3.63) is 58.1 Å². The number of halogens is 1. The maximum Gasteiger partial charge on any atom is 0.0467 e. The van der Waals surface area contributed by atoms with Gasteiger partial charge in [0.05, 0.1) is 0 Å². The largest absolute Gasteiger partial charge is 0.398 e. The number of nitrogen functional groups attached to an aromatic ring is 1. The Kier molecular flexibility index (Phi) is 3.72. The van der Waals surface area contributed by atoms with Gasteiger partial charge in [0.15, 0.2) is 0 Å². The van der Waals surface area contributed by atoms with Crippen LogP contribution in [0.4, 0.5) is 5.69 Å². The highest BCUT2D eigenvalue weighted by atomic mass is 35.5. The first-order valence-corrected chi connectivity index (χ1v) is 7.87. The summed E-state index contributed by atoms with van der Waals surface area (Å²) in [6.45, 7) is 0. The van der Waals surface area contributed by atoms with Gasteiger partial charge >= 0.3 is 0 Å². The molecule has 0 saturated heterocycles. The van der Waals surface area contributed by atoms with Crippen LogP contribution in [0.1, 0.15) is 23.1 Å². The van der Waals surface area contributed by atoms with E-state index in [9.17, 15) is 0 Å². The summed E-state index contributed by atoms with van der Waals surface area (Å²) < 4.78 is 0. The van der Waals surface area contributed by atoms with Crippen LogP contribution < -0.4 is 5.73 Å². The number of aryl methyl sites for hydroxylation is 2. The van der Waals surface area contributed by atoms with Gasteiger partial charge < -0.3 is 5.73 Å². The van der Waals surface area contributed by atoms with E-state index in [0.29, 0.717) is 5.02 Å². The number of thioether (sulfide) groups is 1. The maximum atomic E-state index is 5.97. The summed E-state index contributed by atoms with van der Waals surface area (Å²) >= 11 is 7.68. The molecular formula is C16H16ClNS. The van der Waals surface area contributed by atoms with Gasteiger partial charge in [-0.2, -0.15) is 0 Å². The van der Waals surface area contributed by atoms with Gasteiger partial charge in [-0.25, -0.2) is 0 Å². The summed E-state index contributed by atoms with van der Waals surface area (Å²) in [5.74, 6) is 0.957. The topological polar surface area (TPSA) is 26.0 Å². The first-order chi connectivity index (χ1) is 9.22. The van der Waals surface area contributed by atoms with Crippen LogP contribution in [0.15, 0.2) is 41.3 Å². The van der Waals surface area contributed by atoms with Gasteiger partial charge in [0.25, 0.3) is 0 Å². The van der Waals surface area contributed by atoms with E-state index in [1.165, 1.54) is 36.0 Å². The van der Waals surface area contributed by atoms with Crippen molar-refractivity contribution in [3.8, 4) is 0 Å². The summed E-state index contributed by atoms with van der Waals surface area (Å²) in [4.78, 5) is 1.10. The summed E-state index contributed by atoms with van der Waals surface area (Å²) in [7, 11) is 0. The van der Waals surface area contributed by atoms with Gasteiger partial charge in [0.1, 0.15) is 0 Å². The van der Waals surface area contributed by atoms with E-state index in [0.717, 1.165) is 16.3 Å². The molecule has 0 aromatic heterocycles. The van der Waals surface area contributed by atoms with Crippen LogP contribution in [0.25, 0.3) is 0 Å². The van der Waals surface area contributed by atoms with Crippen LogP contribution in [-0.2, 0) is 18.6 Å². The van der Waals surface area contributed by atoms with Crippen LogP contribution in [0.3, 0.4) is 0 Å². The molecule has 0 radical (unpaired) electrons. The van der Waals surface area contributed by atoms with E-state index in [1.54, 1.807) is 11.8 Å². The summed E-state index contributed by atoms with van der Waals surface area (Å²) in [6, 6.07) is 12.6. The van der Waals surface area contributed by atoms with Gasteiger partial charge in [0, 0.05) is 21.4 Å². The highest BCUT2D eigenvalue weighted by molar-refractivity contribution is 7.98. The van der Waals surface area contributed by atoms with Crippen molar-refractivity contribution in [1.29, 1.82) is 0 Å². The summed E-state index contributed by atoms with van der Waals surface area (Å²) in [5.41, 5.74) is 11.2. The van der Waals surface area contributed by atoms with Crippen LogP contribution >= 0.6 is 23.4 Å². The molecule has 0 atom stereocenters. The molecule has 98 valence electrons. The van der Waals surface area contributed by atoms with E-state index in [2.05, 4.69) is 18.2 Å². The summed E-state index contributed by atoms with van der Waals surface area (Å²) in [6.07, 6.45) is 3.78.